The molecule has 27 heavy (non-hydrogen) atoms. The molecule has 1 N–H and O–H groups in total. The van der Waals surface area contributed by atoms with Crippen molar-refractivity contribution in [1.29, 1.82) is 0 Å². The van der Waals surface area contributed by atoms with E-state index in [-0.39, 0.29) is 5.78 Å². The van der Waals surface area contributed by atoms with E-state index < -0.39 is 5.41 Å². The highest BCUT2D eigenvalue weighted by molar-refractivity contribution is 6.08. The van der Waals surface area contributed by atoms with Gasteiger partial charge in [0.1, 0.15) is 5.52 Å². The molecule has 1 aromatic carbocycles. The van der Waals surface area contributed by atoms with Gasteiger partial charge in [-0.05, 0) is 37.6 Å². The number of hydrogen-bond acceptors (Lipinski definition) is 4. The first-order chi connectivity index (χ1) is 12.9. The number of ketones is 1. The van der Waals surface area contributed by atoms with E-state index in [1.54, 1.807) is 12.4 Å². The Morgan fingerprint density at radius 3 is 2.74 bits per heavy atom. The first-order valence-electron chi connectivity index (χ1n) is 9.62. The monoisotopic (exact) mass is 362 g/mol. The highest BCUT2D eigenvalue weighted by Crippen LogP contribution is 2.27. The predicted octanol–water partition coefficient (Wildman–Crippen LogP) is 4.45. The Bertz CT molecular complexity index is 977. The molecule has 0 radical (unpaired) electrons. The van der Waals surface area contributed by atoms with Crippen LogP contribution < -0.4 is 0 Å². The molecule has 1 aliphatic rings. The normalized spacial score (nSPS) is 15.5. The van der Waals surface area contributed by atoms with Crippen molar-refractivity contribution < 1.29 is 4.79 Å². The van der Waals surface area contributed by atoms with Crippen molar-refractivity contribution in [3.05, 3.63) is 47.8 Å². The molecule has 140 valence electrons. The number of rotatable bonds is 4. The number of aromatic amines is 1. The topological polar surface area (TPSA) is 61.9 Å². The van der Waals surface area contributed by atoms with Crippen LogP contribution in [-0.4, -0.2) is 38.7 Å². The van der Waals surface area contributed by atoms with Crippen molar-refractivity contribution in [2.75, 3.05) is 13.1 Å². The van der Waals surface area contributed by atoms with E-state index in [4.69, 9.17) is 4.98 Å². The lowest BCUT2D eigenvalue weighted by Crippen LogP contribution is -2.20. The zero-order valence-corrected chi connectivity index (χ0v) is 16.2. The van der Waals surface area contributed by atoms with Gasteiger partial charge in [0.15, 0.2) is 11.4 Å². The summed E-state index contributed by atoms with van der Waals surface area (Å²) in [4.78, 5) is 27.6. The second-order valence-electron chi connectivity index (χ2n) is 8.42. The van der Waals surface area contributed by atoms with E-state index in [0.717, 1.165) is 17.8 Å². The summed E-state index contributed by atoms with van der Waals surface area (Å²) in [6, 6.07) is 8.48. The van der Waals surface area contributed by atoms with Crippen LogP contribution in [0.1, 0.15) is 49.5 Å². The molecule has 0 bridgehead atoms. The molecule has 0 atom stereocenters. The molecular formula is C22H26N4O. The SMILES string of the molecule is CC(C)(C)C(=O)c1c[nH]c2ncc(-c3cccc(CN4CCCC4)c3)nc12. The molecule has 2 aromatic heterocycles. The highest BCUT2D eigenvalue weighted by Gasteiger charge is 2.26. The van der Waals surface area contributed by atoms with Crippen LogP contribution in [0.2, 0.25) is 0 Å². The minimum absolute atomic E-state index is 0.0722. The Kier molecular flexibility index (Phi) is 4.56. The van der Waals surface area contributed by atoms with Gasteiger partial charge in [0.05, 0.1) is 17.5 Å². The third kappa shape index (κ3) is 3.65. The zero-order valence-electron chi connectivity index (χ0n) is 16.2. The molecule has 3 heterocycles. The van der Waals surface area contributed by atoms with Crippen LogP contribution in [0.4, 0.5) is 0 Å². The number of benzene rings is 1. The van der Waals surface area contributed by atoms with Crippen molar-refractivity contribution in [1.82, 2.24) is 19.9 Å². The molecule has 1 saturated heterocycles. The van der Waals surface area contributed by atoms with Gasteiger partial charge < -0.3 is 4.98 Å². The first kappa shape index (κ1) is 17.9. The molecule has 1 fully saturated rings. The Hall–Kier alpha value is -2.53. The number of fused-ring (bicyclic) bond motifs is 1. The van der Waals surface area contributed by atoms with Gasteiger partial charge in [-0.2, -0.15) is 0 Å². The minimum atomic E-state index is -0.456. The summed E-state index contributed by atoms with van der Waals surface area (Å²) in [5, 5.41) is 0. The second kappa shape index (κ2) is 6.89. The summed E-state index contributed by atoms with van der Waals surface area (Å²) in [6.07, 6.45) is 6.09. The third-order valence-corrected chi connectivity index (χ3v) is 5.13. The maximum Gasteiger partial charge on any atom is 0.171 e. The van der Waals surface area contributed by atoms with Crippen LogP contribution in [-0.2, 0) is 6.54 Å². The summed E-state index contributed by atoms with van der Waals surface area (Å²) >= 11 is 0. The lowest BCUT2D eigenvalue weighted by molar-refractivity contribution is 0.0860. The van der Waals surface area contributed by atoms with E-state index in [0.29, 0.717) is 16.7 Å². The quantitative estimate of drug-likeness (QED) is 0.697. The number of carbonyl (C=O) groups excluding carboxylic acids is 1. The van der Waals surface area contributed by atoms with Crippen LogP contribution in [0.3, 0.4) is 0 Å². The van der Waals surface area contributed by atoms with Crippen molar-refractivity contribution in [2.24, 2.45) is 5.41 Å². The average molecular weight is 362 g/mol. The number of carbonyl (C=O) groups is 1. The predicted molar refractivity (Wildman–Crippen MR) is 108 cm³/mol. The molecule has 0 saturated carbocycles. The average Bonchev–Trinajstić information content (AvgIpc) is 3.29. The highest BCUT2D eigenvalue weighted by atomic mass is 16.1. The number of likely N-dealkylation sites (tertiary alicyclic amines) is 1. The molecule has 4 rings (SSSR count). The molecule has 0 spiro atoms. The van der Waals surface area contributed by atoms with Crippen molar-refractivity contribution >= 4 is 16.9 Å². The Morgan fingerprint density at radius 1 is 1.22 bits per heavy atom. The van der Waals surface area contributed by atoms with Crippen molar-refractivity contribution in [2.45, 2.75) is 40.2 Å². The maximum atomic E-state index is 12.7. The van der Waals surface area contributed by atoms with Crippen LogP contribution >= 0.6 is 0 Å². The lowest BCUT2D eigenvalue weighted by atomic mass is 9.87. The molecule has 0 amide bonds. The van der Waals surface area contributed by atoms with E-state index in [1.165, 1.54) is 31.5 Å². The fourth-order valence-electron chi connectivity index (χ4n) is 3.64. The second-order valence-corrected chi connectivity index (χ2v) is 8.42. The molecule has 3 aromatic rings. The van der Waals surface area contributed by atoms with Crippen LogP contribution in [0, 0.1) is 5.41 Å². The zero-order chi connectivity index (χ0) is 19.0. The number of hydrogen-bond donors (Lipinski definition) is 1. The van der Waals surface area contributed by atoms with Gasteiger partial charge in [0.2, 0.25) is 0 Å². The fourth-order valence-corrected chi connectivity index (χ4v) is 3.64. The fraction of sp³-hybridized carbons (Fsp3) is 0.409. The number of H-pyrrole nitrogens is 1. The minimum Gasteiger partial charge on any atom is -0.344 e. The molecular weight excluding hydrogens is 336 g/mol. The number of aromatic nitrogens is 3. The van der Waals surface area contributed by atoms with Gasteiger partial charge in [0, 0.05) is 23.7 Å². The van der Waals surface area contributed by atoms with Gasteiger partial charge >= 0.3 is 0 Å². The molecule has 0 unspecified atom stereocenters. The standard InChI is InChI=1S/C22H26N4O/c1-22(2,3)20(27)17-12-23-21-19(17)25-18(13-24-21)16-8-6-7-15(11-16)14-26-9-4-5-10-26/h6-8,11-13H,4-5,9-10,14H2,1-3H3,(H,23,24). The number of Topliss-reactive ketones (excluding diaryl/α,β-unsaturated/α-hetero) is 1. The summed E-state index contributed by atoms with van der Waals surface area (Å²) in [5.41, 5.74) is 4.58. The molecule has 5 heteroatoms. The van der Waals surface area contributed by atoms with Gasteiger partial charge in [-0.3, -0.25) is 9.69 Å². The number of nitrogens with one attached hydrogen (secondary N) is 1. The van der Waals surface area contributed by atoms with Gasteiger partial charge in [0.25, 0.3) is 0 Å². The summed E-state index contributed by atoms with van der Waals surface area (Å²) in [6.45, 7) is 9.10. The Morgan fingerprint density at radius 2 is 2.00 bits per heavy atom. The Labute approximate surface area is 159 Å². The first-order valence-corrected chi connectivity index (χ1v) is 9.62. The van der Waals surface area contributed by atoms with E-state index in [9.17, 15) is 4.79 Å². The maximum absolute atomic E-state index is 12.7. The molecule has 0 aliphatic carbocycles. The van der Waals surface area contributed by atoms with Crippen LogP contribution in [0.5, 0.6) is 0 Å². The smallest absolute Gasteiger partial charge is 0.171 e. The lowest BCUT2D eigenvalue weighted by Gasteiger charge is -2.16. The molecule has 5 nitrogen and oxygen atoms in total. The largest absolute Gasteiger partial charge is 0.344 e. The summed E-state index contributed by atoms with van der Waals surface area (Å²) in [7, 11) is 0. The van der Waals surface area contributed by atoms with Crippen molar-refractivity contribution in [3.8, 4) is 11.3 Å². The Balaban J connectivity index is 1.68. The number of nitrogens with zero attached hydrogens (tertiary/aromatic N) is 3. The van der Waals surface area contributed by atoms with E-state index >= 15 is 0 Å². The van der Waals surface area contributed by atoms with Crippen molar-refractivity contribution in [3.63, 3.8) is 0 Å². The van der Waals surface area contributed by atoms with E-state index in [1.807, 2.05) is 20.8 Å². The van der Waals surface area contributed by atoms with Gasteiger partial charge in [-0.1, -0.05) is 39.0 Å². The van der Waals surface area contributed by atoms with Crippen LogP contribution in [0.15, 0.2) is 36.7 Å². The summed E-state index contributed by atoms with van der Waals surface area (Å²) in [5.74, 6) is 0.0722. The van der Waals surface area contributed by atoms with E-state index in [2.05, 4.69) is 39.1 Å². The molecule has 1 aliphatic heterocycles. The van der Waals surface area contributed by atoms with Crippen LogP contribution in [0.25, 0.3) is 22.4 Å². The third-order valence-electron chi connectivity index (χ3n) is 5.13. The van der Waals surface area contributed by atoms with Gasteiger partial charge in [-0.25, -0.2) is 9.97 Å². The van der Waals surface area contributed by atoms with Gasteiger partial charge in [-0.15, -0.1) is 0 Å². The summed E-state index contributed by atoms with van der Waals surface area (Å²) < 4.78 is 0.